The number of aromatic nitrogens is 1. The number of anilines is 1. The fourth-order valence-corrected chi connectivity index (χ4v) is 1.63. The van der Waals surface area contributed by atoms with Crippen molar-refractivity contribution in [1.82, 2.24) is 4.98 Å². The predicted molar refractivity (Wildman–Crippen MR) is 69.6 cm³/mol. The number of ether oxygens (including phenoxy) is 1. The Bertz CT molecular complexity index is 585. The van der Waals surface area contributed by atoms with Crippen LogP contribution in [-0.4, -0.2) is 12.0 Å². The summed E-state index contributed by atoms with van der Waals surface area (Å²) < 4.78 is 43.0. The molecule has 0 radical (unpaired) electrons. The predicted octanol–water partition coefficient (Wildman–Crippen LogP) is 3.72. The SMILES string of the molecule is CNc1cc(COc2cccc(C(F)(F)F)c2)ccn1. The molecule has 0 aliphatic heterocycles. The maximum absolute atomic E-state index is 12.6. The van der Waals surface area contributed by atoms with Crippen molar-refractivity contribution in [3.05, 3.63) is 53.7 Å². The molecule has 0 saturated carbocycles. The minimum absolute atomic E-state index is 0.179. The van der Waals surface area contributed by atoms with Crippen LogP contribution in [0.3, 0.4) is 0 Å². The van der Waals surface area contributed by atoms with Gasteiger partial charge in [0.15, 0.2) is 0 Å². The van der Waals surface area contributed by atoms with Crippen molar-refractivity contribution < 1.29 is 17.9 Å². The number of hydrogen-bond acceptors (Lipinski definition) is 3. The average molecular weight is 282 g/mol. The van der Waals surface area contributed by atoms with Crippen molar-refractivity contribution in [2.45, 2.75) is 12.8 Å². The first-order valence-electron chi connectivity index (χ1n) is 5.92. The number of alkyl halides is 3. The molecule has 2 rings (SSSR count). The van der Waals surface area contributed by atoms with Gasteiger partial charge in [-0.25, -0.2) is 4.98 Å². The van der Waals surface area contributed by atoms with E-state index < -0.39 is 11.7 Å². The first-order chi connectivity index (χ1) is 9.49. The third-order valence-corrected chi connectivity index (χ3v) is 2.65. The van der Waals surface area contributed by atoms with E-state index in [1.165, 1.54) is 12.1 Å². The molecule has 2 aromatic rings. The highest BCUT2D eigenvalue weighted by atomic mass is 19.4. The summed E-state index contributed by atoms with van der Waals surface area (Å²) in [5.41, 5.74) is 0.0994. The van der Waals surface area contributed by atoms with Gasteiger partial charge in [-0.2, -0.15) is 13.2 Å². The molecule has 0 aliphatic carbocycles. The second-order valence-corrected chi connectivity index (χ2v) is 4.11. The Kier molecular flexibility index (Phi) is 4.12. The van der Waals surface area contributed by atoms with Gasteiger partial charge in [-0.05, 0) is 35.9 Å². The van der Waals surface area contributed by atoms with E-state index in [0.29, 0.717) is 5.82 Å². The van der Waals surface area contributed by atoms with Crippen molar-refractivity contribution in [2.24, 2.45) is 0 Å². The highest BCUT2D eigenvalue weighted by molar-refractivity contribution is 5.37. The summed E-state index contributed by atoms with van der Waals surface area (Å²) in [5, 5.41) is 2.88. The number of hydrogen-bond donors (Lipinski definition) is 1. The van der Waals surface area contributed by atoms with Crippen LogP contribution >= 0.6 is 0 Å². The van der Waals surface area contributed by atoms with Crippen molar-refractivity contribution in [2.75, 3.05) is 12.4 Å². The summed E-state index contributed by atoms with van der Waals surface area (Å²) in [6.45, 7) is 0.179. The molecular weight excluding hydrogens is 269 g/mol. The van der Waals surface area contributed by atoms with Gasteiger partial charge in [0.2, 0.25) is 0 Å². The number of nitrogens with one attached hydrogen (secondary N) is 1. The summed E-state index contributed by atoms with van der Waals surface area (Å²) >= 11 is 0. The molecule has 0 fully saturated rings. The molecule has 0 unspecified atom stereocenters. The van der Waals surface area contributed by atoms with Gasteiger partial charge in [0.1, 0.15) is 18.2 Å². The van der Waals surface area contributed by atoms with E-state index in [1.54, 1.807) is 25.4 Å². The van der Waals surface area contributed by atoms with Gasteiger partial charge >= 0.3 is 6.18 Å². The highest BCUT2D eigenvalue weighted by Crippen LogP contribution is 2.31. The third-order valence-electron chi connectivity index (χ3n) is 2.65. The number of rotatable bonds is 4. The lowest BCUT2D eigenvalue weighted by Gasteiger charge is -2.10. The van der Waals surface area contributed by atoms with Crippen LogP contribution in [0, 0.1) is 0 Å². The Hall–Kier alpha value is -2.24. The van der Waals surface area contributed by atoms with Crippen molar-refractivity contribution in [3.8, 4) is 5.75 Å². The summed E-state index contributed by atoms with van der Waals surface area (Å²) in [7, 11) is 1.74. The van der Waals surface area contributed by atoms with Crippen LogP contribution in [0.2, 0.25) is 0 Å². The average Bonchev–Trinajstić information content (AvgIpc) is 2.45. The van der Waals surface area contributed by atoms with Gasteiger partial charge in [0, 0.05) is 13.2 Å². The lowest BCUT2D eigenvalue weighted by molar-refractivity contribution is -0.137. The molecular formula is C14H13F3N2O. The standard InChI is InChI=1S/C14H13F3N2O/c1-18-13-7-10(5-6-19-13)9-20-12-4-2-3-11(8-12)14(15,16)17/h2-8H,9H2,1H3,(H,18,19). The largest absolute Gasteiger partial charge is 0.489 e. The van der Waals surface area contributed by atoms with E-state index in [-0.39, 0.29) is 12.4 Å². The molecule has 20 heavy (non-hydrogen) atoms. The summed E-state index contributed by atoms with van der Waals surface area (Å²) in [5.74, 6) is 0.859. The Labute approximate surface area is 114 Å². The third kappa shape index (κ3) is 3.63. The molecule has 0 bridgehead atoms. The van der Waals surface area contributed by atoms with Crippen molar-refractivity contribution >= 4 is 5.82 Å². The second-order valence-electron chi connectivity index (χ2n) is 4.11. The Balaban J connectivity index is 2.07. The van der Waals surface area contributed by atoms with Crippen LogP contribution in [-0.2, 0) is 12.8 Å². The van der Waals surface area contributed by atoms with Gasteiger partial charge < -0.3 is 10.1 Å². The van der Waals surface area contributed by atoms with Crippen molar-refractivity contribution in [1.29, 1.82) is 0 Å². The van der Waals surface area contributed by atoms with Crippen LogP contribution in [0.1, 0.15) is 11.1 Å². The molecule has 0 atom stereocenters. The van der Waals surface area contributed by atoms with Gasteiger partial charge in [-0.3, -0.25) is 0 Å². The molecule has 106 valence electrons. The Morgan fingerprint density at radius 3 is 2.70 bits per heavy atom. The first kappa shape index (κ1) is 14.2. The molecule has 1 N–H and O–H groups in total. The van der Waals surface area contributed by atoms with E-state index >= 15 is 0 Å². The van der Waals surface area contributed by atoms with Crippen LogP contribution in [0.25, 0.3) is 0 Å². The smallest absolute Gasteiger partial charge is 0.416 e. The molecule has 0 amide bonds. The zero-order chi connectivity index (χ0) is 14.6. The Morgan fingerprint density at radius 2 is 2.00 bits per heavy atom. The van der Waals surface area contributed by atoms with E-state index in [4.69, 9.17) is 4.74 Å². The van der Waals surface area contributed by atoms with E-state index in [0.717, 1.165) is 17.7 Å². The van der Waals surface area contributed by atoms with Crippen molar-refractivity contribution in [3.63, 3.8) is 0 Å². The number of pyridine rings is 1. The van der Waals surface area contributed by atoms with Crippen LogP contribution in [0.15, 0.2) is 42.6 Å². The molecule has 1 aromatic carbocycles. The maximum Gasteiger partial charge on any atom is 0.416 e. The summed E-state index contributed by atoms with van der Waals surface area (Å²) in [6.07, 6.45) is -2.76. The zero-order valence-electron chi connectivity index (χ0n) is 10.7. The quantitative estimate of drug-likeness (QED) is 0.928. The highest BCUT2D eigenvalue weighted by Gasteiger charge is 2.30. The molecule has 1 aromatic heterocycles. The number of benzene rings is 1. The van der Waals surface area contributed by atoms with Gasteiger partial charge in [0.25, 0.3) is 0 Å². The lowest BCUT2D eigenvalue weighted by Crippen LogP contribution is -2.05. The van der Waals surface area contributed by atoms with Crippen LogP contribution < -0.4 is 10.1 Å². The molecule has 0 spiro atoms. The summed E-state index contributed by atoms with van der Waals surface area (Å²) in [4.78, 5) is 4.04. The molecule has 3 nitrogen and oxygen atoms in total. The minimum Gasteiger partial charge on any atom is -0.489 e. The minimum atomic E-state index is -4.37. The van der Waals surface area contributed by atoms with Gasteiger partial charge in [0.05, 0.1) is 5.56 Å². The molecule has 6 heteroatoms. The summed E-state index contributed by atoms with van der Waals surface area (Å²) in [6, 6.07) is 8.33. The monoisotopic (exact) mass is 282 g/mol. The van der Waals surface area contributed by atoms with Gasteiger partial charge in [-0.15, -0.1) is 0 Å². The van der Waals surface area contributed by atoms with E-state index in [1.807, 2.05) is 0 Å². The maximum atomic E-state index is 12.6. The molecule has 0 aliphatic rings. The Morgan fingerprint density at radius 1 is 1.20 bits per heavy atom. The normalized spacial score (nSPS) is 11.2. The van der Waals surface area contributed by atoms with Crippen LogP contribution in [0.4, 0.5) is 19.0 Å². The van der Waals surface area contributed by atoms with E-state index in [2.05, 4.69) is 10.3 Å². The first-order valence-corrected chi connectivity index (χ1v) is 5.92. The lowest BCUT2D eigenvalue weighted by atomic mass is 10.2. The molecule has 0 saturated heterocycles. The van der Waals surface area contributed by atoms with Crippen LogP contribution in [0.5, 0.6) is 5.75 Å². The van der Waals surface area contributed by atoms with E-state index in [9.17, 15) is 13.2 Å². The molecule has 1 heterocycles. The number of nitrogens with zero attached hydrogens (tertiary/aromatic N) is 1. The second kappa shape index (κ2) is 5.81. The number of halogens is 3. The zero-order valence-corrected chi connectivity index (χ0v) is 10.7. The fourth-order valence-electron chi connectivity index (χ4n) is 1.63. The van der Waals surface area contributed by atoms with Gasteiger partial charge in [-0.1, -0.05) is 6.07 Å². The topological polar surface area (TPSA) is 34.1 Å². The fraction of sp³-hybridized carbons (Fsp3) is 0.214.